The first kappa shape index (κ1) is 5.72. The van der Waals surface area contributed by atoms with Gasteiger partial charge in [-0.25, -0.2) is 5.32 Å². The summed E-state index contributed by atoms with van der Waals surface area (Å²) < 4.78 is 0. The monoisotopic (exact) mass is 113 g/mol. The summed E-state index contributed by atoms with van der Waals surface area (Å²) in [7, 11) is 0. The molecule has 0 amide bonds. The molecule has 0 bridgehead atoms. The third kappa shape index (κ3) is 1.60. The Balaban J connectivity index is 2.27. The highest BCUT2D eigenvalue weighted by atomic mass is 16.1. The van der Waals surface area contributed by atoms with Gasteiger partial charge < -0.3 is 5.32 Å². The number of nitrogens with zero attached hydrogens (tertiary/aromatic N) is 1. The zero-order chi connectivity index (χ0) is 5.82. The molecule has 1 radical (unpaired) electrons. The Morgan fingerprint density at radius 2 is 2.50 bits per heavy atom. The maximum Gasteiger partial charge on any atom is 0.161 e. The molecule has 1 aliphatic rings. The summed E-state index contributed by atoms with van der Waals surface area (Å²) in [6.45, 7) is 2.55. The summed E-state index contributed by atoms with van der Waals surface area (Å²) in [6.07, 6.45) is 0. The molecule has 1 rings (SSSR count). The highest BCUT2D eigenvalue weighted by Crippen LogP contribution is 1.74. The van der Waals surface area contributed by atoms with E-state index in [0.29, 0.717) is 13.1 Å². The van der Waals surface area contributed by atoms with Gasteiger partial charge in [0.25, 0.3) is 0 Å². The van der Waals surface area contributed by atoms with E-state index >= 15 is 0 Å². The second-order valence-electron chi connectivity index (χ2n) is 1.82. The van der Waals surface area contributed by atoms with E-state index in [-0.39, 0.29) is 5.78 Å². The molecule has 0 unspecified atom stereocenters. The lowest BCUT2D eigenvalue weighted by atomic mass is 10.4. The first-order chi connectivity index (χ1) is 3.89. The van der Waals surface area contributed by atoms with E-state index in [9.17, 15) is 4.79 Å². The van der Waals surface area contributed by atoms with Gasteiger partial charge >= 0.3 is 0 Å². The number of nitrogens with one attached hydrogen (secondary N) is 1. The molecular formula is C5H9N2O. The standard InChI is InChI=1S/C5H9N2O/c8-5-3-6-1-2-7-4-5/h6H,1-4H2. The van der Waals surface area contributed by atoms with Crippen LogP contribution in [0.25, 0.3) is 0 Å². The largest absolute Gasteiger partial charge is 0.309 e. The average Bonchev–Trinajstić information content (AvgIpc) is 1.94. The second kappa shape index (κ2) is 2.79. The number of hydrogen-bond acceptors (Lipinski definition) is 2. The van der Waals surface area contributed by atoms with Crippen molar-refractivity contribution < 1.29 is 4.79 Å². The Hall–Kier alpha value is -0.410. The maximum absolute atomic E-state index is 10.5. The minimum Gasteiger partial charge on any atom is -0.309 e. The van der Waals surface area contributed by atoms with Crippen molar-refractivity contribution in [3.05, 3.63) is 0 Å². The summed E-state index contributed by atoms with van der Waals surface area (Å²) in [6, 6.07) is 0. The van der Waals surface area contributed by atoms with Crippen LogP contribution < -0.4 is 10.6 Å². The van der Waals surface area contributed by atoms with E-state index in [1.165, 1.54) is 0 Å². The van der Waals surface area contributed by atoms with Crippen molar-refractivity contribution in [3.8, 4) is 0 Å². The van der Waals surface area contributed by atoms with Crippen molar-refractivity contribution in [2.24, 2.45) is 0 Å². The zero-order valence-electron chi connectivity index (χ0n) is 4.68. The normalized spacial score (nSPS) is 22.8. The van der Waals surface area contributed by atoms with Crippen LogP contribution in [-0.2, 0) is 4.79 Å². The fraction of sp³-hybridized carbons (Fsp3) is 0.800. The molecule has 1 fully saturated rings. The molecule has 3 nitrogen and oxygen atoms in total. The van der Waals surface area contributed by atoms with E-state index in [4.69, 9.17) is 0 Å². The third-order valence-corrected chi connectivity index (χ3v) is 1.06. The molecule has 1 aliphatic heterocycles. The van der Waals surface area contributed by atoms with Gasteiger partial charge in [-0.15, -0.1) is 0 Å². The van der Waals surface area contributed by atoms with Crippen LogP contribution in [0.4, 0.5) is 0 Å². The van der Waals surface area contributed by atoms with Crippen LogP contribution >= 0.6 is 0 Å². The number of carbonyl (C=O) groups excluding carboxylic acids is 1. The molecule has 3 heteroatoms. The van der Waals surface area contributed by atoms with Crippen molar-refractivity contribution in [1.29, 1.82) is 0 Å². The summed E-state index contributed by atoms with van der Waals surface area (Å²) in [5.41, 5.74) is 0. The number of hydrogen-bond donors (Lipinski definition) is 1. The Labute approximate surface area is 48.5 Å². The summed E-state index contributed by atoms with van der Waals surface area (Å²) in [4.78, 5) is 10.5. The molecule has 45 valence electrons. The summed E-state index contributed by atoms with van der Waals surface area (Å²) >= 11 is 0. The van der Waals surface area contributed by atoms with Gasteiger partial charge in [0.1, 0.15) is 0 Å². The van der Waals surface area contributed by atoms with Gasteiger partial charge in [0.2, 0.25) is 0 Å². The van der Waals surface area contributed by atoms with Gasteiger partial charge in [-0.3, -0.25) is 4.79 Å². The second-order valence-corrected chi connectivity index (χ2v) is 1.82. The molecule has 0 spiro atoms. The average molecular weight is 113 g/mol. The number of ketones is 1. The number of rotatable bonds is 0. The lowest BCUT2D eigenvalue weighted by Gasteiger charge is -1.90. The van der Waals surface area contributed by atoms with Gasteiger partial charge in [0.05, 0.1) is 13.1 Å². The summed E-state index contributed by atoms with van der Waals surface area (Å²) in [5, 5.41) is 6.89. The quantitative estimate of drug-likeness (QED) is 0.427. The van der Waals surface area contributed by atoms with Crippen LogP contribution in [0.1, 0.15) is 0 Å². The fourth-order valence-electron chi connectivity index (χ4n) is 0.646. The molecule has 8 heavy (non-hydrogen) atoms. The predicted octanol–water partition coefficient (Wildman–Crippen LogP) is -1.24. The lowest BCUT2D eigenvalue weighted by Crippen LogP contribution is -2.22. The third-order valence-electron chi connectivity index (χ3n) is 1.06. The first-order valence-electron chi connectivity index (χ1n) is 2.75. The maximum atomic E-state index is 10.5. The van der Waals surface area contributed by atoms with E-state index in [1.807, 2.05) is 0 Å². The first-order valence-corrected chi connectivity index (χ1v) is 2.75. The van der Waals surface area contributed by atoms with Gasteiger partial charge in [-0.2, -0.15) is 0 Å². The molecule has 0 aromatic carbocycles. The number of carbonyl (C=O) groups is 1. The highest BCUT2D eigenvalue weighted by molar-refractivity contribution is 5.82. The van der Waals surface area contributed by atoms with Gasteiger partial charge in [-0.1, -0.05) is 0 Å². The Bertz CT molecular complexity index is 82.4. The van der Waals surface area contributed by atoms with Crippen LogP contribution in [0.2, 0.25) is 0 Å². The van der Waals surface area contributed by atoms with Gasteiger partial charge in [0.15, 0.2) is 5.78 Å². The van der Waals surface area contributed by atoms with Gasteiger partial charge in [0, 0.05) is 13.1 Å². The smallest absolute Gasteiger partial charge is 0.161 e. The van der Waals surface area contributed by atoms with Crippen molar-refractivity contribution >= 4 is 5.78 Å². The minimum atomic E-state index is 0.197. The molecule has 0 aromatic rings. The molecule has 0 aromatic heterocycles. The summed E-state index contributed by atoms with van der Waals surface area (Å²) in [5.74, 6) is 0.197. The number of Topliss-reactive ketones (excluding diaryl/α,β-unsaturated/α-hetero) is 1. The van der Waals surface area contributed by atoms with Crippen LogP contribution in [0, 0.1) is 0 Å². The molecule has 1 heterocycles. The van der Waals surface area contributed by atoms with Gasteiger partial charge in [-0.05, 0) is 0 Å². The van der Waals surface area contributed by atoms with Crippen molar-refractivity contribution in [3.63, 3.8) is 0 Å². The zero-order valence-corrected chi connectivity index (χ0v) is 4.68. The Kier molecular flexibility index (Phi) is 2.00. The van der Waals surface area contributed by atoms with E-state index < -0.39 is 0 Å². The van der Waals surface area contributed by atoms with Crippen LogP contribution in [-0.4, -0.2) is 32.0 Å². The fourth-order valence-corrected chi connectivity index (χ4v) is 0.646. The van der Waals surface area contributed by atoms with E-state index in [0.717, 1.165) is 13.1 Å². The molecule has 0 aliphatic carbocycles. The lowest BCUT2D eigenvalue weighted by molar-refractivity contribution is -0.117. The molecule has 1 N–H and O–H groups in total. The Morgan fingerprint density at radius 3 is 3.38 bits per heavy atom. The van der Waals surface area contributed by atoms with E-state index in [1.54, 1.807) is 0 Å². The molecule has 0 saturated carbocycles. The molecule has 1 saturated heterocycles. The molecular weight excluding hydrogens is 104 g/mol. The highest BCUT2D eigenvalue weighted by Gasteiger charge is 2.04. The van der Waals surface area contributed by atoms with Crippen LogP contribution in [0.5, 0.6) is 0 Å². The van der Waals surface area contributed by atoms with Crippen LogP contribution in [0.3, 0.4) is 0 Å². The van der Waals surface area contributed by atoms with Crippen LogP contribution in [0.15, 0.2) is 0 Å². The Morgan fingerprint density at radius 1 is 1.62 bits per heavy atom. The SMILES string of the molecule is O=C1C[N]CCNC1. The predicted molar refractivity (Wildman–Crippen MR) is 29.7 cm³/mol. The van der Waals surface area contributed by atoms with Crippen molar-refractivity contribution in [2.45, 2.75) is 0 Å². The van der Waals surface area contributed by atoms with Crippen molar-refractivity contribution in [2.75, 3.05) is 26.2 Å². The minimum absolute atomic E-state index is 0.197. The topological polar surface area (TPSA) is 43.2 Å². The van der Waals surface area contributed by atoms with E-state index in [2.05, 4.69) is 10.6 Å². The van der Waals surface area contributed by atoms with Crippen molar-refractivity contribution in [1.82, 2.24) is 10.6 Å². The molecule has 0 atom stereocenters.